The van der Waals surface area contributed by atoms with Gasteiger partial charge in [-0.1, -0.05) is 68.6 Å². The molecule has 1 heterocycles. The zero-order chi connectivity index (χ0) is 14.5. The summed E-state index contributed by atoms with van der Waals surface area (Å²) in [6.07, 6.45) is 6.66. The van der Waals surface area contributed by atoms with Gasteiger partial charge in [0, 0.05) is 5.92 Å². The molecule has 0 radical (unpaired) electrons. The van der Waals surface area contributed by atoms with Crippen molar-refractivity contribution in [3.63, 3.8) is 0 Å². The summed E-state index contributed by atoms with van der Waals surface area (Å²) in [5, 5.41) is 0. The summed E-state index contributed by atoms with van der Waals surface area (Å²) in [7, 11) is 0. The van der Waals surface area contributed by atoms with Crippen LogP contribution in [0.15, 0.2) is 83.6 Å². The Bertz CT molecular complexity index is 600. The summed E-state index contributed by atoms with van der Waals surface area (Å²) in [5.74, 6) is 0.442. The smallest absolute Gasteiger partial charge is 0.0689 e. The van der Waals surface area contributed by atoms with Crippen molar-refractivity contribution in [2.24, 2.45) is 10.9 Å². The largest absolute Gasteiger partial charge is 0.252 e. The van der Waals surface area contributed by atoms with E-state index in [1.54, 1.807) is 6.08 Å². The minimum atomic E-state index is 0.442. The van der Waals surface area contributed by atoms with Crippen LogP contribution in [-0.2, 0) is 0 Å². The van der Waals surface area contributed by atoms with Crippen LogP contribution >= 0.6 is 0 Å². The maximum Gasteiger partial charge on any atom is 0.0689 e. The van der Waals surface area contributed by atoms with E-state index in [2.05, 4.69) is 51.3 Å². The zero-order valence-electron chi connectivity index (χ0n) is 12.3. The van der Waals surface area contributed by atoms with Gasteiger partial charge in [0.05, 0.1) is 11.4 Å². The van der Waals surface area contributed by atoms with Gasteiger partial charge in [-0.3, -0.25) is 4.99 Å². The van der Waals surface area contributed by atoms with Crippen molar-refractivity contribution in [3.05, 3.63) is 84.1 Å². The predicted octanol–water partition coefficient (Wildman–Crippen LogP) is 5.09. The third-order valence-corrected chi connectivity index (χ3v) is 3.52. The van der Waals surface area contributed by atoms with Gasteiger partial charge in [0.2, 0.25) is 0 Å². The molecule has 1 heteroatoms. The molecule has 0 amide bonds. The number of benzene rings is 1. The lowest BCUT2D eigenvalue weighted by Gasteiger charge is -2.23. The van der Waals surface area contributed by atoms with E-state index in [9.17, 15) is 0 Å². The Balaban J connectivity index is 2.40. The molecule has 0 aromatic heterocycles. The van der Waals surface area contributed by atoms with Gasteiger partial charge < -0.3 is 0 Å². The molecule has 0 aliphatic carbocycles. The summed E-state index contributed by atoms with van der Waals surface area (Å²) in [6.45, 7) is 12.2. The molecular formula is C19H21N. The lowest BCUT2D eigenvalue weighted by Crippen LogP contribution is -2.18. The minimum absolute atomic E-state index is 0.442. The fourth-order valence-electron chi connectivity index (χ4n) is 2.55. The molecule has 1 aromatic rings. The van der Waals surface area contributed by atoms with Gasteiger partial charge in [0.15, 0.2) is 0 Å². The van der Waals surface area contributed by atoms with Crippen molar-refractivity contribution in [3.8, 4) is 0 Å². The Hall–Kier alpha value is -2.15. The highest BCUT2D eigenvalue weighted by Gasteiger charge is 2.21. The van der Waals surface area contributed by atoms with Crippen LogP contribution < -0.4 is 0 Å². The zero-order valence-corrected chi connectivity index (χ0v) is 12.3. The van der Waals surface area contributed by atoms with Gasteiger partial charge in [-0.15, -0.1) is 0 Å². The van der Waals surface area contributed by atoms with Crippen LogP contribution in [0.2, 0.25) is 0 Å². The third-order valence-electron chi connectivity index (χ3n) is 3.52. The average Bonchev–Trinajstić information content (AvgIpc) is 2.46. The van der Waals surface area contributed by atoms with E-state index >= 15 is 0 Å². The average molecular weight is 263 g/mol. The monoisotopic (exact) mass is 263 g/mol. The van der Waals surface area contributed by atoms with Gasteiger partial charge in [0.25, 0.3) is 0 Å². The van der Waals surface area contributed by atoms with Crippen molar-refractivity contribution < 1.29 is 0 Å². The molecule has 20 heavy (non-hydrogen) atoms. The highest BCUT2D eigenvalue weighted by Crippen LogP contribution is 2.30. The molecule has 1 aliphatic heterocycles. The summed E-state index contributed by atoms with van der Waals surface area (Å²) in [4.78, 5) is 4.88. The fraction of sp³-hybridized carbons (Fsp3) is 0.211. The molecule has 1 aromatic carbocycles. The molecule has 1 unspecified atom stereocenters. The van der Waals surface area contributed by atoms with Crippen LogP contribution in [-0.4, -0.2) is 5.71 Å². The van der Waals surface area contributed by atoms with E-state index in [-0.39, 0.29) is 0 Å². The first-order valence-electron chi connectivity index (χ1n) is 6.95. The molecule has 0 saturated heterocycles. The van der Waals surface area contributed by atoms with Crippen LogP contribution in [0.25, 0.3) is 0 Å². The molecule has 2 rings (SSSR count). The second kappa shape index (κ2) is 6.33. The molecule has 102 valence electrons. The number of rotatable bonds is 4. The van der Waals surface area contributed by atoms with E-state index in [1.807, 2.05) is 18.2 Å². The SMILES string of the molecule is C=C/C=C\C(=C)C1=C(C)CC(C)C(c2ccccc2)=N1. The number of hydrogen-bond acceptors (Lipinski definition) is 1. The van der Waals surface area contributed by atoms with E-state index < -0.39 is 0 Å². The molecule has 0 bridgehead atoms. The Morgan fingerprint density at radius 1 is 1.30 bits per heavy atom. The molecule has 1 nitrogen and oxygen atoms in total. The third kappa shape index (κ3) is 3.05. The van der Waals surface area contributed by atoms with Crippen LogP contribution in [0.5, 0.6) is 0 Å². The van der Waals surface area contributed by atoms with E-state index in [1.165, 1.54) is 11.1 Å². The highest BCUT2D eigenvalue weighted by molar-refractivity contribution is 6.03. The quantitative estimate of drug-likeness (QED) is 0.671. The molecule has 1 atom stereocenters. The first-order valence-corrected chi connectivity index (χ1v) is 6.95. The predicted molar refractivity (Wildman–Crippen MR) is 87.9 cm³/mol. The Kier molecular flexibility index (Phi) is 4.52. The second-order valence-corrected chi connectivity index (χ2v) is 5.22. The molecule has 0 saturated carbocycles. The van der Waals surface area contributed by atoms with E-state index in [0.29, 0.717) is 5.92 Å². The molecular weight excluding hydrogens is 242 g/mol. The molecule has 0 fully saturated rings. The van der Waals surface area contributed by atoms with Crippen molar-refractivity contribution in [1.82, 2.24) is 0 Å². The minimum Gasteiger partial charge on any atom is -0.252 e. The molecule has 0 spiro atoms. The Labute approximate surface area is 121 Å². The summed E-state index contributed by atoms with van der Waals surface area (Å²) < 4.78 is 0. The fourth-order valence-corrected chi connectivity index (χ4v) is 2.55. The summed E-state index contributed by atoms with van der Waals surface area (Å²) in [5.41, 5.74) is 5.61. The van der Waals surface area contributed by atoms with E-state index in [4.69, 9.17) is 4.99 Å². The van der Waals surface area contributed by atoms with Crippen LogP contribution in [0.4, 0.5) is 0 Å². The van der Waals surface area contributed by atoms with Gasteiger partial charge >= 0.3 is 0 Å². The number of hydrogen-bond donors (Lipinski definition) is 0. The van der Waals surface area contributed by atoms with Crippen molar-refractivity contribution in [2.45, 2.75) is 20.3 Å². The summed E-state index contributed by atoms with van der Waals surface area (Å²) in [6, 6.07) is 10.4. The van der Waals surface area contributed by atoms with Crippen LogP contribution in [0.1, 0.15) is 25.8 Å². The Morgan fingerprint density at radius 2 is 2.00 bits per heavy atom. The van der Waals surface area contributed by atoms with Gasteiger partial charge in [0.1, 0.15) is 0 Å². The van der Waals surface area contributed by atoms with E-state index in [0.717, 1.165) is 23.4 Å². The standard InChI is InChI=1S/C19H21N/c1-5-6-10-14(2)18-15(3)13-16(4)19(20-18)17-11-8-7-9-12-17/h5-12,16H,1-2,13H2,3-4H3/b10-6-. The number of allylic oxidation sites excluding steroid dienone is 4. The summed E-state index contributed by atoms with van der Waals surface area (Å²) >= 11 is 0. The van der Waals surface area contributed by atoms with Crippen molar-refractivity contribution in [2.75, 3.05) is 0 Å². The lowest BCUT2D eigenvalue weighted by molar-refractivity contribution is 0.734. The first-order chi connectivity index (χ1) is 9.63. The molecule has 1 aliphatic rings. The van der Waals surface area contributed by atoms with Gasteiger partial charge in [-0.25, -0.2) is 0 Å². The van der Waals surface area contributed by atoms with Crippen molar-refractivity contribution >= 4 is 5.71 Å². The highest BCUT2D eigenvalue weighted by atomic mass is 14.8. The molecule has 0 N–H and O–H groups in total. The van der Waals surface area contributed by atoms with Crippen LogP contribution in [0, 0.1) is 5.92 Å². The normalized spacial score (nSPS) is 19.1. The first kappa shape index (κ1) is 14.3. The van der Waals surface area contributed by atoms with Crippen molar-refractivity contribution in [1.29, 1.82) is 0 Å². The second-order valence-electron chi connectivity index (χ2n) is 5.22. The Morgan fingerprint density at radius 3 is 2.65 bits per heavy atom. The number of nitrogens with zero attached hydrogens (tertiary/aromatic N) is 1. The maximum absolute atomic E-state index is 4.88. The maximum atomic E-state index is 4.88. The topological polar surface area (TPSA) is 12.4 Å². The van der Waals surface area contributed by atoms with Gasteiger partial charge in [-0.05, 0) is 30.1 Å². The van der Waals surface area contributed by atoms with Crippen LogP contribution in [0.3, 0.4) is 0 Å². The number of aliphatic imine (C=N–C) groups is 1. The van der Waals surface area contributed by atoms with Gasteiger partial charge in [-0.2, -0.15) is 0 Å². The lowest BCUT2D eigenvalue weighted by atomic mass is 9.88.